The minimum atomic E-state index is -0.209. The summed E-state index contributed by atoms with van der Waals surface area (Å²) in [7, 11) is 0. The molecule has 0 saturated carbocycles. The van der Waals surface area contributed by atoms with Crippen molar-refractivity contribution in [1.29, 1.82) is 0 Å². The fourth-order valence-corrected chi connectivity index (χ4v) is 4.44. The van der Waals surface area contributed by atoms with Crippen molar-refractivity contribution in [3.63, 3.8) is 0 Å². The van der Waals surface area contributed by atoms with Crippen LogP contribution in [0.25, 0.3) is 22.8 Å². The number of rotatable bonds is 6. The number of tetrazole rings is 1. The van der Waals surface area contributed by atoms with Gasteiger partial charge in [0.05, 0.1) is 17.7 Å². The van der Waals surface area contributed by atoms with Gasteiger partial charge in [-0.25, -0.2) is 0 Å². The number of hydrogen-bond acceptors (Lipinski definition) is 5. The average molecular weight is 488 g/mol. The van der Waals surface area contributed by atoms with Crippen molar-refractivity contribution < 1.29 is 9.59 Å². The van der Waals surface area contributed by atoms with Crippen LogP contribution in [0.4, 0.5) is 5.69 Å². The van der Waals surface area contributed by atoms with Crippen LogP contribution in [0.15, 0.2) is 48.8 Å². The first kappa shape index (κ1) is 22.5. The summed E-state index contributed by atoms with van der Waals surface area (Å²) >= 11 is 6.07. The molecule has 2 amide bonds. The molecule has 2 aromatic heterocycles. The van der Waals surface area contributed by atoms with E-state index in [-0.39, 0.29) is 11.8 Å². The van der Waals surface area contributed by atoms with Crippen molar-refractivity contribution in [2.45, 2.75) is 20.4 Å². The van der Waals surface area contributed by atoms with Gasteiger partial charge in [0, 0.05) is 34.2 Å². The molecule has 5 rings (SSSR count). The number of amides is 2. The van der Waals surface area contributed by atoms with E-state index in [2.05, 4.69) is 31.0 Å². The molecule has 10 heteroatoms. The lowest BCUT2D eigenvalue weighted by Crippen LogP contribution is -2.28. The van der Waals surface area contributed by atoms with Crippen molar-refractivity contribution in [3.05, 3.63) is 81.9 Å². The molecule has 0 atom stereocenters. The Hall–Kier alpha value is -4.24. The zero-order valence-corrected chi connectivity index (χ0v) is 19.8. The van der Waals surface area contributed by atoms with Crippen LogP contribution >= 0.6 is 11.6 Å². The minimum Gasteiger partial charge on any atom is -0.358 e. The Morgan fingerprint density at radius 1 is 1.17 bits per heavy atom. The van der Waals surface area contributed by atoms with E-state index >= 15 is 0 Å². The molecule has 9 nitrogen and oxygen atoms in total. The van der Waals surface area contributed by atoms with Crippen LogP contribution in [0.3, 0.4) is 0 Å². The molecule has 0 aliphatic carbocycles. The maximum Gasteiger partial charge on any atom is 0.256 e. The predicted molar refractivity (Wildman–Crippen MR) is 134 cm³/mol. The van der Waals surface area contributed by atoms with Crippen molar-refractivity contribution in [3.8, 4) is 11.1 Å². The summed E-state index contributed by atoms with van der Waals surface area (Å²) in [6.07, 6.45) is 3.15. The quantitative estimate of drug-likeness (QED) is 0.357. The van der Waals surface area contributed by atoms with Crippen LogP contribution < -0.4 is 10.6 Å². The Morgan fingerprint density at radius 2 is 1.97 bits per heavy atom. The number of aromatic amines is 1. The van der Waals surface area contributed by atoms with Crippen LogP contribution in [-0.2, 0) is 11.3 Å². The Balaban J connectivity index is 1.47. The number of aromatic nitrogens is 5. The molecule has 0 spiro atoms. The minimum absolute atomic E-state index is 0.195. The topological polar surface area (TPSA) is 118 Å². The number of fused-ring (bicyclic) bond motifs is 1. The second-order valence-electron chi connectivity index (χ2n) is 8.20. The fraction of sp³-hybridized carbons (Fsp3) is 0.160. The normalized spacial score (nSPS) is 13.7. The van der Waals surface area contributed by atoms with Gasteiger partial charge in [0.25, 0.3) is 11.8 Å². The highest BCUT2D eigenvalue weighted by atomic mass is 35.5. The first-order valence-corrected chi connectivity index (χ1v) is 11.4. The summed E-state index contributed by atoms with van der Waals surface area (Å²) in [6.45, 7) is 4.47. The van der Waals surface area contributed by atoms with Crippen molar-refractivity contribution >= 4 is 40.8 Å². The van der Waals surface area contributed by atoms with E-state index < -0.39 is 0 Å². The number of hydrogen-bond donors (Lipinski definition) is 3. The van der Waals surface area contributed by atoms with Gasteiger partial charge in [-0.15, -0.1) is 10.2 Å². The average Bonchev–Trinajstić information content (AvgIpc) is 3.53. The molecule has 0 bridgehead atoms. The molecular formula is C25H22ClN7O2. The van der Waals surface area contributed by atoms with Gasteiger partial charge in [0.1, 0.15) is 0 Å². The van der Waals surface area contributed by atoms with Gasteiger partial charge >= 0.3 is 0 Å². The summed E-state index contributed by atoms with van der Waals surface area (Å²) in [6, 6.07) is 13.3. The van der Waals surface area contributed by atoms with Crippen LogP contribution in [0, 0.1) is 13.8 Å². The van der Waals surface area contributed by atoms with E-state index in [0.29, 0.717) is 34.9 Å². The molecule has 0 unspecified atom stereocenters. The summed E-state index contributed by atoms with van der Waals surface area (Å²) < 4.78 is 0. The monoisotopic (exact) mass is 487 g/mol. The molecule has 0 fully saturated rings. The van der Waals surface area contributed by atoms with Gasteiger partial charge in [-0.3, -0.25) is 9.59 Å². The summed E-state index contributed by atoms with van der Waals surface area (Å²) in [5, 5.41) is 17.8. The molecular weight excluding hydrogens is 466 g/mol. The van der Waals surface area contributed by atoms with Crippen LogP contribution in [0.2, 0.25) is 5.02 Å². The molecule has 2 aromatic carbocycles. The number of carbonyl (C=O) groups excluding carboxylic acids is 2. The maximum atomic E-state index is 13.0. The molecule has 176 valence electrons. The highest BCUT2D eigenvalue weighted by Gasteiger charge is 2.28. The van der Waals surface area contributed by atoms with Crippen LogP contribution in [-0.4, -0.2) is 43.6 Å². The van der Waals surface area contributed by atoms with E-state index in [4.69, 9.17) is 11.6 Å². The number of H-pyrrole nitrogens is 1. The maximum absolute atomic E-state index is 13.0. The van der Waals surface area contributed by atoms with Crippen molar-refractivity contribution in [2.24, 2.45) is 0 Å². The lowest BCUT2D eigenvalue weighted by molar-refractivity contribution is -0.110. The predicted octanol–water partition coefficient (Wildman–Crippen LogP) is 3.86. The zero-order valence-electron chi connectivity index (χ0n) is 19.1. The van der Waals surface area contributed by atoms with Crippen LogP contribution in [0.5, 0.6) is 0 Å². The summed E-state index contributed by atoms with van der Waals surface area (Å²) in [4.78, 5) is 30.5. The first-order chi connectivity index (χ1) is 16.9. The second kappa shape index (κ2) is 9.19. The second-order valence-corrected chi connectivity index (χ2v) is 8.63. The fourth-order valence-electron chi connectivity index (χ4n) is 4.31. The molecule has 3 N–H and O–H groups in total. The van der Waals surface area contributed by atoms with E-state index in [1.807, 2.05) is 56.3 Å². The summed E-state index contributed by atoms with van der Waals surface area (Å²) in [5.41, 5.74) is 6.69. The van der Waals surface area contributed by atoms with E-state index in [1.54, 1.807) is 6.08 Å². The number of benzene rings is 2. The van der Waals surface area contributed by atoms with E-state index in [9.17, 15) is 9.59 Å². The number of anilines is 1. The van der Waals surface area contributed by atoms with Gasteiger partial charge in [0.15, 0.2) is 6.33 Å². The summed E-state index contributed by atoms with van der Waals surface area (Å²) in [5.74, 6) is -0.404. The van der Waals surface area contributed by atoms with Gasteiger partial charge in [-0.05, 0) is 60.0 Å². The lowest BCUT2D eigenvalue weighted by Gasteiger charge is -2.09. The SMILES string of the molecule is Cc1[nH]c(C=C2C(=O)Nc3cccc(-c4ccc(Cl)cc4)c32)c(C)c1C(=O)NCCn1ncnn1. The molecule has 0 saturated heterocycles. The Kier molecular flexibility index (Phi) is 5.92. The third-order valence-corrected chi connectivity index (χ3v) is 6.21. The van der Waals surface area contributed by atoms with E-state index in [0.717, 1.165) is 33.6 Å². The number of carbonyl (C=O) groups is 2. The molecule has 3 heterocycles. The number of nitrogens with zero attached hydrogens (tertiary/aromatic N) is 4. The van der Waals surface area contributed by atoms with Gasteiger partial charge < -0.3 is 15.6 Å². The molecule has 0 radical (unpaired) electrons. The van der Waals surface area contributed by atoms with Gasteiger partial charge in [-0.2, -0.15) is 4.80 Å². The Bertz CT molecular complexity index is 1450. The Morgan fingerprint density at radius 3 is 2.71 bits per heavy atom. The van der Waals surface area contributed by atoms with Gasteiger partial charge in [-0.1, -0.05) is 35.9 Å². The van der Waals surface area contributed by atoms with Crippen molar-refractivity contribution in [2.75, 3.05) is 11.9 Å². The van der Waals surface area contributed by atoms with Crippen LogP contribution in [0.1, 0.15) is 32.9 Å². The third kappa shape index (κ3) is 4.33. The standard InChI is InChI=1S/C25H22ClN7O2/c1-14-21(30-15(2)22(14)25(35)27-10-11-33-29-13-28-32-33)12-19-23-18(16-6-8-17(26)9-7-16)4-3-5-20(23)31-24(19)34/h3-9,12-13,30H,10-11H2,1-2H3,(H,27,35)(H,31,34). The number of nitrogens with one attached hydrogen (secondary N) is 3. The molecule has 1 aliphatic heterocycles. The van der Waals surface area contributed by atoms with Gasteiger partial charge in [0.2, 0.25) is 0 Å². The Labute approximate surface area is 206 Å². The first-order valence-electron chi connectivity index (χ1n) is 11.0. The largest absolute Gasteiger partial charge is 0.358 e. The highest BCUT2D eigenvalue weighted by Crippen LogP contribution is 2.41. The number of aryl methyl sites for hydroxylation is 1. The lowest BCUT2D eigenvalue weighted by atomic mass is 9.94. The van der Waals surface area contributed by atoms with E-state index in [1.165, 1.54) is 11.1 Å². The smallest absolute Gasteiger partial charge is 0.256 e. The molecule has 35 heavy (non-hydrogen) atoms. The third-order valence-electron chi connectivity index (χ3n) is 5.96. The molecule has 1 aliphatic rings. The highest BCUT2D eigenvalue weighted by molar-refractivity contribution is 6.36. The number of halogens is 1. The zero-order chi connectivity index (χ0) is 24.5. The van der Waals surface area contributed by atoms with Crippen molar-refractivity contribution in [1.82, 2.24) is 30.5 Å². The molecule has 4 aromatic rings.